The maximum atomic E-state index is 11.7. The van der Waals surface area contributed by atoms with Crippen LogP contribution in [-0.4, -0.2) is 50.1 Å². The Kier molecular flexibility index (Phi) is 11.1. The minimum Gasteiger partial charge on any atom is -0.368 e. The second-order valence-electron chi connectivity index (χ2n) is 6.76. The summed E-state index contributed by atoms with van der Waals surface area (Å²) in [4.78, 5) is 18.7. The smallest absolute Gasteiger partial charge is 0.222 e. The van der Waals surface area contributed by atoms with Crippen molar-refractivity contribution < 1.29 is 4.79 Å². The van der Waals surface area contributed by atoms with E-state index in [1.165, 1.54) is 5.69 Å². The molecule has 0 spiro atoms. The third-order valence-electron chi connectivity index (χ3n) is 4.12. The number of nitrogens with zero attached hydrogens (tertiary/aromatic N) is 2. The van der Waals surface area contributed by atoms with Gasteiger partial charge in [-0.3, -0.25) is 9.79 Å². The van der Waals surface area contributed by atoms with Crippen LogP contribution >= 0.6 is 39.9 Å². The first-order chi connectivity index (χ1) is 12.5. The number of nitrogens with one attached hydrogen (secondary N) is 3. The van der Waals surface area contributed by atoms with Gasteiger partial charge in [-0.2, -0.15) is 0 Å². The first-order valence-electron chi connectivity index (χ1n) is 9.33. The molecule has 0 saturated carbocycles. The van der Waals surface area contributed by atoms with Gasteiger partial charge in [-0.05, 0) is 55.3 Å². The number of para-hydroxylation sites is 1. The molecule has 0 bridgehead atoms. The number of amides is 1. The van der Waals surface area contributed by atoms with Gasteiger partial charge in [0.15, 0.2) is 5.96 Å². The van der Waals surface area contributed by atoms with Crippen LogP contribution in [0.4, 0.5) is 5.69 Å². The van der Waals surface area contributed by atoms with Crippen molar-refractivity contribution in [3.05, 3.63) is 28.7 Å². The maximum absolute atomic E-state index is 11.7. The Morgan fingerprint density at radius 2 is 2.11 bits per heavy atom. The van der Waals surface area contributed by atoms with Gasteiger partial charge in [-0.15, -0.1) is 24.0 Å². The molecule has 1 aliphatic heterocycles. The van der Waals surface area contributed by atoms with E-state index in [4.69, 9.17) is 0 Å². The normalized spacial score (nSPS) is 16.9. The molecule has 1 saturated heterocycles. The molecule has 1 amide bonds. The van der Waals surface area contributed by atoms with Crippen molar-refractivity contribution in [2.75, 3.05) is 31.1 Å². The van der Waals surface area contributed by atoms with Gasteiger partial charge in [0.2, 0.25) is 5.91 Å². The average molecular weight is 552 g/mol. The highest BCUT2D eigenvalue weighted by atomic mass is 127. The molecule has 2 rings (SSSR count). The number of carbonyl (C=O) groups excluding carboxylic acids is 1. The molecule has 1 unspecified atom stereocenters. The van der Waals surface area contributed by atoms with E-state index in [-0.39, 0.29) is 35.9 Å². The standard InChI is InChI=1S/C19H30BrN5O.HI/c1-4-21-19(22-11-9-18(26)23-14(2)3)24-15-10-12-25(13-15)17-8-6-5-7-16(17)20;/h5-8,14-15H,4,9-13H2,1-3H3,(H,23,26)(H2,21,22,24);1H. The molecule has 1 atom stereocenters. The molecular weight excluding hydrogens is 521 g/mol. The maximum Gasteiger partial charge on any atom is 0.222 e. The Morgan fingerprint density at radius 3 is 2.78 bits per heavy atom. The monoisotopic (exact) mass is 551 g/mol. The fourth-order valence-corrected chi connectivity index (χ4v) is 3.52. The fourth-order valence-electron chi connectivity index (χ4n) is 2.98. The summed E-state index contributed by atoms with van der Waals surface area (Å²) in [5.74, 6) is 0.824. The van der Waals surface area contributed by atoms with Crippen LogP contribution in [0.5, 0.6) is 0 Å². The summed E-state index contributed by atoms with van der Waals surface area (Å²) < 4.78 is 1.12. The van der Waals surface area contributed by atoms with Crippen molar-refractivity contribution in [1.82, 2.24) is 16.0 Å². The van der Waals surface area contributed by atoms with E-state index in [1.54, 1.807) is 0 Å². The van der Waals surface area contributed by atoms with Gasteiger partial charge in [-0.25, -0.2) is 0 Å². The van der Waals surface area contributed by atoms with Crippen molar-refractivity contribution in [3.8, 4) is 0 Å². The van der Waals surface area contributed by atoms with Gasteiger partial charge in [0.05, 0.1) is 12.2 Å². The van der Waals surface area contributed by atoms with E-state index in [2.05, 4.69) is 60.0 Å². The highest BCUT2D eigenvalue weighted by Crippen LogP contribution is 2.28. The summed E-state index contributed by atoms with van der Waals surface area (Å²) >= 11 is 3.63. The Hall–Kier alpha value is -1.03. The molecule has 6 nitrogen and oxygen atoms in total. The number of hydrogen-bond acceptors (Lipinski definition) is 3. The van der Waals surface area contributed by atoms with Crippen LogP contribution < -0.4 is 20.9 Å². The predicted molar refractivity (Wildman–Crippen MR) is 127 cm³/mol. The van der Waals surface area contributed by atoms with Gasteiger partial charge in [0, 0.05) is 42.6 Å². The number of carbonyl (C=O) groups is 1. The molecule has 1 aromatic rings. The topological polar surface area (TPSA) is 68.8 Å². The third kappa shape index (κ3) is 8.25. The lowest BCUT2D eigenvalue weighted by Gasteiger charge is -2.21. The molecular formula is C19H31BrIN5O. The van der Waals surface area contributed by atoms with E-state index in [1.807, 2.05) is 26.8 Å². The van der Waals surface area contributed by atoms with Gasteiger partial charge in [-0.1, -0.05) is 12.1 Å². The highest BCUT2D eigenvalue weighted by Gasteiger charge is 2.24. The number of benzene rings is 1. The van der Waals surface area contributed by atoms with Crippen molar-refractivity contribution >= 4 is 57.5 Å². The van der Waals surface area contributed by atoms with Crippen LogP contribution in [0.15, 0.2) is 33.7 Å². The quantitative estimate of drug-likeness (QED) is 0.277. The summed E-state index contributed by atoms with van der Waals surface area (Å²) in [5.41, 5.74) is 1.23. The lowest BCUT2D eigenvalue weighted by molar-refractivity contribution is -0.121. The van der Waals surface area contributed by atoms with Crippen molar-refractivity contribution in [2.45, 2.75) is 45.7 Å². The van der Waals surface area contributed by atoms with Gasteiger partial charge >= 0.3 is 0 Å². The zero-order chi connectivity index (χ0) is 18.9. The van der Waals surface area contributed by atoms with E-state index in [0.717, 1.165) is 36.5 Å². The first-order valence-corrected chi connectivity index (χ1v) is 10.1. The molecule has 3 N–H and O–H groups in total. The molecule has 152 valence electrons. The van der Waals surface area contributed by atoms with Crippen LogP contribution in [-0.2, 0) is 4.79 Å². The molecule has 0 aromatic heterocycles. The zero-order valence-electron chi connectivity index (χ0n) is 16.3. The Bertz CT molecular complexity index is 626. The molecule has 0 aliphatic carbocycles. The Balaban J connectivity index is 0.00000364. The highest BCUT2D eigenvalue weighted by molar-refractivity contribution is 14.0. The largest absolute Gasteiger partial charge is 0.368 e. The van der Waals surface area contributed by atoms with Crippen LogP contribution in [0.2, 0.25) is 0 Å². The molecule has 8 heteroatoms. The van der Waals surface area contributed by atoms with Crippen LogP contribution in [0.3, 0.4) is 0 Å². The van der Waals surface area contributed by atoms with Gasteiger partial charge < -0.3 is 20.9 Å². The van der Waals surface area contributed by atoms with Crippen molar-refractivity contribution in [3.63, 3.8) is 0 Å². The zero-order valence-corrected chi connectivity index (χ0v) is 20.2. The summed E-state index contributed by atoms with van der Waals surface area (Å²) in [6.45, 7) is 9.19. The minimum absolute atomic E-state index is 0. The van der Waals surface area contributed by atoms with E-state index in [9.17, 15) is 4.79 Å². The molecule has 1 aliphatic rings. The molecule has 0 radical (unpaired) electrons. The molecule has 27 heavy (non-hydrogen) atoms. The summed E-state index contributed by atoms with van der Waals surface area (Å²) in [6, 6.07) is 8.81. The second-order valence-corrected chi connectivity index (χ2v) is 7.61. The second kappa shape index (κ2) is 12.4. The van der Waals surface area contributed by atoms with E-state index >= 15 is 0 Å². The molecule has 1 heterocycles. The summed E-state index contributed by atoms with van der Waals surface area (Å²) in [6.07, 6.45) is 1.46. The van der Waals surface area contributed by atoms with Gasteiger partial charge in [0.25, 0.3) is 0 Å². The molecule has 1 aromatic carbocycles. The lowest BCUT2D eigenvalue weighted by Crippen LogP contribution is -2.44. The van der Waals surface area contributed by atoms with Gasteiger partial charge in [0.1, 0.15) is 0 Å². The number of anilines is 1. The Labute approximate surface area is 188 Å². The van der Waals surface area contributed by atoms with Crippen molar-refractivity contribution in [1.29, 1.82) is 0 Å². The third-order valence-corrected chi connectivity index (χ3v) is 4.80. The summed E-state index contributed by atoms with van der Waals surface area (Å²) in [5, 5.41) is 9.66. The van der Waals surface area contributed by atoms with E-state index in [0.29, 0.717) is 19.0 Å². The fraction of sp³-hybridized carbons (Fsp3) is 0.579. The number of hydrogen-bond donors (Lipinski definition) is 3. The SMILES string of the molecule is CCNC(=NCCC(=O)NC(C)C)NC1CCN(c2ccccc2Br)C1.I. The predicted octanol–water partition coefficient (Wildman–Crippen LogP) is 3.12. The average Bonchev–Trinajstić information content (AvgIpc) is 3.03. The first kappa shape index (κ1) is 24.0. The van der Waals surface area contributed by atoms with Crippen LogP contribution in [0.25, 0.3) is 0 Å². The number of aliphatic imine (C=N–C) groups is 1. The number of halogens is 2. The van der Waals surface area contributed by atoms with E-state index < -0.39 is 0 Å². The lowest BCUT2D eigenvalue weighted by atomic mass is 10.2. The van der Waals surface area contributed by atoms with Crippen LogP contribution in [0.1, 0.15) is 33.6 Å². The number of rotatable bonds is 7. The van der Waals surface area contributed by atoms with Crippen LogP contribution in [0, 0.1) is 0 Å². The minimum atomic E-state index is 0. The Morgan fingerprint density at radius 1 is 1.37 bits per heavy atom. The van der Waals surface area contributed by atoms with Crippen molar-refractivity contribution in [2.24, 2.45) is 4.99 Å². The summed E-state index contributed by atoms with van der Waals surface area (Å²) in [7, 11) is 0. The molecule has 1 fully saturated rings. The number of guanidine groups is 1.